The summed E-state index contributed by atoms with van der Waals surface area (Å²) >= 11 is 0. The summed E-state index contributed by atoms with van der Waals surface area (Å²) in [7, 11) is 0. The van der Waals surface area contributed by atoms with Crippen LogP contribution < -0.4 is 9.64 Å². The van der Waals surface area contributed by atoms with Gasteiger partial charge in [0.25, 0.3) is 0 Å². The monoisotopic (exact) mass is 319 g/mol. The van der Waals surface area contributed by atoms with Crippen LogP contribution in [0.4, 0.5) is 11.4 Å². The van der Waals surface area contributed by atoms with Gasteiger partial charge in [-0.05, 0) is 37.8 Å². The van der Waals surface area contributed by atoms with Gasteiger partial charge in [-0.15, -0.1) is 0 Å². The summed E-state index contributed by atoms with van der Waals surface area (Å²) < 4.78 is 6.09. The maximum absolute atomic E-state index is 7.37. The van der Waals surface area contributed by atoms with Gasteiger partial charge in [0.15, 0.2) is 0 Å². The van der Waals surface area contributed by atoms with E-state index < -0.39 is 0 Å². The zero-order valence-electron chi connectivity index (χ0n) is 15.3. The molecule has 0 aliphatic rings. The highest BCUT2D eigenvalue weighted by atomic mass is 16.5. The molecular formula is C19H33N3O. The zero-order chi connectivity index (χ0) is 17.1. The number of rotatable bonds is 12. The lowest BCUT2D eigenvalue weighted by molar-refractivity contribution is 0.193. The molecular weight excluding hydrogens is 286 g/mol. The van der Waals surface area contributed by atoms with Crippen molar-refractivity contribution in [1.29, 1.82) is 5.53 Å². The van der Waals surface area contributed by atoms with Crippen LogP contribution in [0.25, 0.3) is 0 Å². The van der Waals surface area contributed by atoms with Crippen molar-refractivity contribution < 1.29 is 4.74 Å². The topological polar surface area (TPSA) is 48.7 Å². The molecule has 0 aliphatic carbocycles. The first kappa shape index (κ1) is 19.5. The Morgan fingerprint density at radius 1 is 1.04 bits per heavy atom. The number of nitrogens with zero attached hydrogens (tertiary/aromatic N) is 2. The van der Waals surface area contributed by atoms with Gasteiger partial charge in [0.2, 0.25) is 0 Å². The highest BCUT2D eigenvalue weighted by Crippen LogP contribution is 2.33. The fourth-order valence-corrected chi connectivity index (χ4v) is 2.59. The molecule has 0 heterocycles. The number of nitrogens with one attached hydrogen (secondary N) is 1. The fraction of sp³-hybridized carbons (Fsp3) is 0.684. The molecule has 1 rings (SSSR count). The third-order valence-corrected chi connectivity index (χ3v) is 4.20. The van der Waals surface area contributed by atoms with Crippen LogP contribution in [0.5, 0.6) is 5.75 Å². The van der Waals surface area contributed by atoms with E-state index in [1.165, 1.54) is 31.4 Å². The lowest BCUT2D eigenvalue weighted by Crippen LogP contribution is -2.25. The standard InChI is InChI=1S/C19H33N3O/c1-5-9-13-22(14-10-6-2)16-11-12-18(21-20)19(15-16)23-17(7-3)8-4/h11-12,15,17,20H,5-10,13-14H2,1-4H3. The second-order valence-electron chi connectivity index (χ2n) is 6.01. The molecule has 0 saturated heterocycles. The number of unbranched alkanes of at least 4 members (excludes halogenated alkanes) is 2. The molecule has 4 nitrogen and oxygen atoms in total. The van der Waals surface area contributed by atoms with Crippen molar-refractivity contribution in [3.05, 3.63) is 18.2 Å². The maximum atomic E-state index is 7.37. The van der Waals surface area contributed by atoms with Gasteiger partial charge in [0.05, 0.1) is 6.10 Å². The number of ether oxygens (including phenoxy) is 1. The maximum Gasteiger partial charge on any atom is 0.149 e. The molecule has 1 aromatic carbocycles. The van der Waals surface area contributed by atoms with E-state index in [9.17, 15) is 0 Å². The lowest BCUT2D eigenvalue weighted by Gasteiger charge is -2.26. The molecule has 130 valence electrons. The first-order valence-electron chi connectivity index (χ1n) is 9.13. The first-order valence-corrected chi connectivity index (χ1v) is 9.13. The molecule has 1 aromatic rings. The minimum absolute atomic E-state index is 0.186. The fourth-order valence-electron chi connectivity index (χ4n) is 2.59. The molecule has 1 N–H and O–H groups in total. The van der Waals surface area contributed by atoms with E-state index >= 15 is 0 Å². The van der Waals surface area contributed by atoms with Crippen LogP contribution in [-0.4, -0.2) is 19.2 Å². The van der Waals surface area contributed by atoms with Gasteiger partial charge in [-0.25, -0.2) is 5.53 Å². The summed E-state index contributed by atoms with van der Waals surface area (Å²) in [5, 5.41) is 3.62. The van der Waals surface area contributed by atoms with E-state index in [1.807, 2.05) is 6.07 Å². The van der Waals surface area contributed by atoms with Crippen molar-refractivity contribution in [2.24, 2.45) is 5.11 Å². The van der Waals surface area contributed by atoms with Crippen molar-refractivity contribution in [2.75, 3.05) is 18.0 Å². The zero-order valence-corrected chi connectivity index (χ0v) is 15.3. The number of benzene rings is 1. The normalized spacial score (nSPS) is 10.8. The molecule has 0 aliphatic heterocycles. The van der Waals surface area contributed by atoms with Gasteiger partial charge in [-0.2, -0.15) is 5.11 Å². The predicted octanol–water partition coefficient (Wildman–Crippen LogP) is 6.32. The highest BCUT2D eigenvalue weighted by molar-refractivity contribution is 5.61. The van der Waals surface area contributed by atoms with Crippen LogP contribution in [0.1, 0.15) is 66.2 Å². The minimum atomic E-state index is 0.186. The predicted molar refractivity (Wildman–Crippen MR) is 98.3 cm³/mol. The Labute approximate surface area is 141 Å². The molecule has 0 atom stereocenters. The molecule has 23 heavy (non-hydrogen) atoms. The Kier molecular flexibility index (Phi) is 9.34. The number of anilines is 1. The van der Waals surface area contributed by atoms with Crippen LogP contribution in [-0.2, 0) is 0 Å². The van der Waals surface area contributed by atoms with Crippen molar-refractivity contribution in [2.45, 2.75) is 72.3 Å². The van der Waals surface area contributed by atoms with Gasteiger partial charge in [-0.3, -0.25) is 0 Å². The van der Waals surface area contributed by atoms with E-state index in [1.54, 1.807) is 0 Å². The molecule has 0 unspecified atom stereocenters. The van der Waals surface area contributed by atoms with Crippen LogP contribution in [0, 0.1) is 5.53 Å². The molecule has 0 fully saturated rings. The van der Waals surface area contributed by atoms with Crippen LogP contribution in [0.2, 0.25) is 0 Å². The third-order valence-electron chi connectivity index (χ3n) is 4.20. The van der Waals surface area contributed by atoms with Crippen molar-refractivity contribution in [1.82, 2.24) is 0 Å². The Bertz CT molecular complexity index is 450. The Balaban J connectivity index is 3.01. The van der Waals surface area contributed by atoms with E-state index in [-0.39, 0.29) is 6.10 Å². The second kappa shape index (κ2) is 11.0. The van der Waals surface area contributed by atoms with Crippen LogP contribution >= 0.6 is 0 Å². The Morgan fingerprint density at radius 3 is 2.13 bits per heavy atom. The SMILES string of the molecule is CCCCN(CCCC)c1ccc(N=N)c(OC(CC)CC)c1. The van der Waals surface area contributed by atoms with E-state index in [2.05, 4.69) is 49.8 Å². The average molecular weight is 319 g/mol. The molecule has 0 saturated carbocycles. The smallest absolute Gasteiger partial charge is 0.149 e. The molecule has 0 aromatic heterocycles. The van der Waals surface area contributed by atoms with E-state index in [0.29, 0.717) is 5.69 Å². The van der Waals surface area contributed by atoms with Crippen molar-refractivity contribution >= 4 is 11.4 Å². The van der Waals surface area contributed by atoms with E-state index in [0.717, 1.165) is 31.7 Å². The summed E-state index contributed by atoms with van der Waals surface area (Å²) in [4.78, 5) is 2.43. The molecule has 0 spiro atoms. The highest BCUT2D eigenvalue weighted by Gasteiger charge is 2.13. The molecule has 0 bridgehead atoms. The lowest BCUT2D eigenvalue weighted by atomic mass is 10.2. The van der Waals surface area contributed by atoms with Crippen LogP contribution in [0.15, 0.2) is 23.3 Å². The third kappa shape index (κ3) is 6.20. The van der Waals surface area contributed by atoms with Gasteiger partial charge < -0.3 is 9.64 Å². The van der Waals surface area contributed by atoms with Crippen molar-refractivity contribution in [3.63, 3.8) is 0 Å². The van der Waals surface area contributed by atoms with Gasteiger partial charge in [0, 0.05) is 24.8 Å². The number of hydrogen-bond donors (Lipinski definition) is 1. The molecule has 0 radical (unpaired) electrons. The van der Waals surface area contributed by atoms with Gasteiger partial charge in [0.1, 0.15) is 11.4 Å². The van der Waals surface area contributed by atoms with E-state index in [4.69, 9.17) is 10.3 Å². The molecule has 4 heteroatoms. The quantitative estimate of drug-likeness (QED) is 0.458. The van der Waals surface area contributed by atoms with Gasteiger partial charge >= 0.3 is 0 Å². The first-order chi connectivity index (χ1) is 11.2. The number of hydrogen-bond acceptors (Lipinski definition) is 4. The largest absolute Gasteiger partial charge is 0.488 e. The Hall–Kier alpha value is -1.58. The summed E-state index contributed by atoms with van der Waals surface area (Å²) in [5.74, 6) is 0.740. The molecule has 0 amide bonds. The summed E-state index contributed by atoms with van der Waals surface area (Å²) in [6.45, 7) is 10.8. The summed E-state index contributed by atoms with van der Waals surface area (Å²) in [6, 6.07) is 6.04. The van der Waals surface area contributed by atoms with Crippen molar-refractivity contribution in [3.8, 4) is 5.75 Å². The van der Waals surface area contributed by atoms with Gasteiger partial charge in [-0.1, -0.05) is 40.5 Å². The second-order valence-corrected chi connectivity index (χ2v) is 6.01. The van der Waals surface area contributed by atoms with Crippen LogP contribution in [0.3, 0.4) is 0 Å². The summed E-state index contributed by atoms with van der Waals surface area (Å²) in [5.41, 5.74) is 9.17. The minimum Gasteiger partial charge on any atom is -0.488 e. The average Bonchev–Trinajstić information content (AvgIpc) is 2.59. The summed E-state index contributed by atoms with van der Waals surface area (Å²) in [6.07, 6.45) is 6.89. The Morgan fingerprint density at radius 2 is 1.65 bits per heavy atom.